The summed E-state index contributed by atoms with van der Waals surface area (Å²) in [5.74, 6) is -0.0348. The minimum absolute atomic E-state index is 0.134. The number of anilines is 1. The van der Waals surface area contributed by atoms with E-state index >= 15 is 0 Å². The molecule has 3 aromatic rings. The summed E-state index contributed by atoms with van der Waals surface area (Å²) in [7, 11) is 0. The van der Waals surface area contributed by atoms with E-state index in [1.807, 2.05) is 6.92 Å². The van der Waals surface area contributed by atoms with Gasteiger partial charge in [0.25, 0.3) is 0 Å². The van der Waals surface area contributed by atoms with Crippen molar-refractivity contribution in [3.8, 4) is 11.4 Å². The summed E-state index contributed by atoms with van der Waals surface area (Å²) in [5.41, 5.74) is 1.93. The average Bonchev–Trinajstić information content (AvgIpc) is 3.06. The number of amides is 1. The first kappa shape index (κ1) is 20.1. The van der Waals surface area contributed by atoms with Crippen LogP contribution in [0.4, 0.5) is 10.1 Å². The van der Waals surface area contributed by atoms with E-state index in [9.17, 15) is 9.18 Å². The second-order valence-corrected chi connectivity index (χ2v) is 7.36. The highest BCUT2D eigenvalue weighted by molar-refractivity contribution is 7.99. The lowest BCUT2D eigenvalue weighted by atomic mass is 10.2. The molecule has 1 N–H and O–H groups in total. The molecular formula is C20H18ClFN4OS. The minimum atomic E-state index is -0.382. The maximum Gasteiger partial charge on any atom is 0.234 e. The fourth-order valence-corrected chi connectivity index (χ4v) is 3.59. The van der Waals surface area contributed by atoms with Crippen LogP contribution in [0.5, 0.6) is 0 Å². The Balaban J connectivity index is 1.74. The van der Waals surface area contributed by atoms with Gasteiger partial charge in [-0.25, -0.2) is 4.39 Å². The molecule has 0 radical (unpaired) electrons. The normalized spacial score (nSPS) is 10.7. The Hall–Kier alpha value is -2.64. The lowest BCUT2D eigenvalue weighted by molar-refractivity contribution is -0.113. The molecule has 1 heterocycles. The molecular weight excluding hydrogens is 399 g/mol. The number of carbonyl (C=O) groups excluding carboxylic acids is 1. The number of nitrogens with zero attached hydrogens (tertiary/aromatic N) is 3. The standard InChI is InChI=1S/C20H18ClFN4OS/c1-3-10-26-19(15-6-4-5-7-16(15)22)24-25-20(26)28-12-18(27)23-17-9-8-14(21)11-13(17)2/h3-9,11H,1,10,12H2,2H3,(H,23,27). The molecule has 0 aliphatic rings. The number of halogens is 2. The number of nitrogens with one attached hydrogen (secondary N) is 1. The molecule has 3 rings (SSSR count). The zero-order valence-corrected chi connectivity index (χ0v) is 16.7. The van der Waals surface area contributed by atoms with Crippen LogP contribution in [0, 0.1) is 12.7 Å². The largest absolute Gasteiger partial charge is 0.325 e. The van der Waals surface area contributed by atoms with Gasteiger partial charge >= 0.3 is 0 Å². The van der Waals surface area contributed by atoms with Gasteiger partial charge in [-0.15, -0.1) is 16.8 Å². The quantitative estimate of drug-likeness (QED) is 0.436. The minimum Gasteiger partial charge on any atom is -0.325 e. The maximum absolute atomic E-state index is 14.1. The predicted octanol–water partition coefficient (Wildman–Crippen LogP) is 4.96. The van der Waals surface area contributed by atoms with Gasteiger partial charge in [-0.1, -0.05) is 41.6 Å². The van der Waals surface area contributed by atoms with Gasteiger partial charge < -0.3 is 5.32 Å². The van der Waals surface area contributed by atoms with Crippen LogP contribution in [0.15, 0.2) is 60.3 Å². The molecule has 144 valence electrons. The summed E-state index contributed by atoms with van der Waals surface area (Å²) >= 11 is 7.16. The van der Waals surface area contributed by atoms with Crippen molar-refractivity contribution in [1.82, 2.24) is 14.8 Å². The third-order valence-corrected chi connectivity index (χ3v) is 5.14. The van der Waals surface area contributed by atoms with E-state index in [-0.39, 0.29) is 17.5 Å². The average molecular weight is 417 g/mol. The van der Waals surface area contributed by atoms with Crippen molar-refractivity contribution in [2.75, 3.05) is 11.1 Å². The molecule has 1 amide bonds. The highest BCUT2D eigenvalue weighted by atomic mass is 35.5. The Morgan fingerprint density at radius 1 is 1.32 bits per heavy atom. The SMILES string of the molecule is C=CCn1c(SCC(=O)Nc2ccc(Cl)cc2C)nnc1-c1ccccc1F. The summed E-state index contributed by atoms with van der Waals surface area (Å²) in [6.07, 6.45) is 1.68. The first-order valence-corrected chi connectivity index (χ1v) is 9.83. The van der Waals surface area contributed by atoms with Crippen molar-refractivity contribution < 1.29 is 9.18 Å². The van der Waals surface area contributed by atoms with Crippen LogP contribution in [0.1, 0.15) is 5.56 Å². The molecule has 0 bridgehead atoms. The van der Waals surface area contributed by atoms with Gasteiger partial charge in [0.1, 0.15) is 5.82 Å². The third kappa shape index (κ3) is 4.61. The topological polar surface area (TPSA) is 59.8 Å². The number of carbonyl (C=O) groups is 1. The van der Waals surface area contributed by atoms with E-state index in [1.54, 1.807) is 47.0 Å². The van der Waals surface area contributed by atoms with Crippen LogP contribution in [0.25, 0.3) is 11.4 Å². The molecule has 28 heavy (non-hydrogen) atoms. The molecule has 0 spiro atoms. The number of thioether (sulfide) groups is 1. The van der Waals surface area contributed by atoms with E-state index in [0.29, 0.717) is 33.8 Å². The van der Waals surface area contributed by atoms with Crippen molar-refractivity contribution in [3.63, 3.8) is 0 Å². The molecule has 2 aromatic carbocycles. The summed E-state index contributed by atoms with van der Waals surface area (Å²) in [6, 6.07) is 11.6. The third-order valence-electron chi connectivity index (χ3n) is 3.94. The van der Waals surface area contributed by atoms with E-state index in [0.717, 1.165) is 5.56 Å². The number of hydrogen-bond acceptors (Lipinski definition) is 4. The van der Waals surface area contributed by atoms with Crippen LogP contribution in [0.3, 0.4) is 0 Å². The number of rotatable bonds is 7. The Labute approximate surface area is 171 Å². The van der Waals surface area contributed by atoms with Crippen molar-refractivity contribution in [3.05, 3.63) is 71.5 Å². The number of hydrogen-bond donors (Lipinski definition) is 1. The number of aryl methyl sites for hydroxylation is 1. The monoisotopic (exact) mass is 416 g/mol. The Bertz CT molecular complexity index is 1020. The second-order valence-electron chi connectivity index (χ2n) is 5.98. The van der Waals surface area contributed by atoms with Gasteiger partial charge in [0, 0.05) is 17.3 Å². The molecule has 0 atom stereocenters. The van der Waals surface area contributed by atoms with Gasteiger partial charge in [-0.2, -0.15) is 0 Å². The molecule has 0 aliphatic carbocycles. The van der Waals surface area contributed by atoms with Crippen molar-refractivity contribution in [2.24, 2.45) is 0 Å². The molecule has 0 saturated carbocycles. The number of aromatic nitrogens is 3. The first-order chi connectivity index (χ1) is 13.5. The van der Waals surface area contributed by atoms with Crippen LogP contribution in [-0.4, -0.2) is 26.4 Å². The van der Waals surface area contributed by atoms with E-state index in [4.69, 9.17) is 11.6 Å². The lowest BCUT2D eigenvalue weighted by Gasteiger charge is -2.10. The second kappa shape index (κ2) is 9.03. The first-order valence-electron chi connectivity index (χ1n) is 8.47. The highest BCUT2D eigenvalue weighted by Gasteiger charge is 2.17. The van der Waals surface area contributed by atoms with Crippen LogP contribution < -0.4 is 5.32 Å². The molecule has 0 saturated heterocycles. The molecule has 0 aliphatic heterocycles. The molecule has 0 unspecified atom stereocenters. The molecule has 1 aromatic heterocycles. The summed E-state index contributed by atoms with van der Waals surface area (Å²) in [5, 5.41) is 12.2. The molecule has 5 nitrogen and oxygen atoms in total. The van der Waals surface area contributed by atoms with Gasteiger partial charge in [0.15, 0.2) is 11.0 Å². The molecule has 8 heteroatoms. The van der Waals surface area contributed by atoms with Crippen LogP contribution in [0.2, 0.25) is 5.02 Å². The lowest BCUT2D eigenvalue weighted by Crippen LogP contribution is -2.15. The van der Waals surface area contributed by atoms with Crippen molar-refractivity contribution >= 4 is 35.0 Å². The summed E-state index contributed by atoms with van der Waals surface area (Å²) in [4.78, 5) is 12.3. The number of benzene rings is 2. The summed E-state index contributed by atoms with van der Waals surface area (Å²) in [6.45, 7) is 6.00. The van der Waals surface area contributed by atoms with Gasteiger partial charge in [-0.3, -0.25) is 9.36 Å². The fraction of sp³-hybridized carbons (Fsp3) is 0.150. The van der Waals surface area contributed by atoms with E-state index in [2.05, 4.69) is 22.1 Å². The predicted molar refractivity (Wildman–Crippen MR) is 111 cm³/mol. The Morgan fingerprint density at radius 3 is 2.82 bits per heavy atom. The van der Waals surface area contributed by atoms with Crippen molar-refractivity contribution in [2.45, 2.75) is 18.6 Å². The Morgan fingerprint density at radius 2 is 2.11 bits per heavy atom. The van der Waals surface area contributed by atoms with E-state index in [1.165, 1.54) is 17.8 Å². The summed E-state index contributed by atoms with van der Waals surface area (Å²) < 4.78 is 15.9. The van der Waals surface area contributed by atoms with Gasteiger partial charge in [0.2, 0.25) is 5.91 Å². The zero-order valence-electron chi connectivity index (χ0n) is 15.2. The van der Waals surface area contributed by atoms with Gasteiger partial charge in [0.05, 0.1) is 11.3 Å². The van der Waals surface area contributed by atoms with Crippen LogP contribution in [-0.2, 0) is 11.3 Å². The smallest absolute Gasteiger partial charge is 0.234 e. The maximum atomic E-state index is 14.1. The Kier molecular flexibility index (Phi) is 6.49. The molecule has 0 fully saturated rings. The van der Waals surface area contributed by atoms with Crippen LogP contribution >= 0.6 is 23.4 Å². The fourth-order valence-electron chi connectivity index (χ4n) is 2.61. The van der Waals surface area contributed by atoms with Gasteiger partial charge in [-0.05, 0) is 42.8 Å². The highest BCUT2D eigenvalue weighted by Crippen LogP contribution is 2.26. The number of allylic oxidation sites excluding steroid dienone is 1. The zero-order chi connectivity index (χ0) is 20.1. The van der Waals surface area contributed by atoms with Crippen molar-refractivity contribution in [1.29, 1.82) is 0 Å². The van der Waals surface area contributed by atoms with E-state index < -0.39 is 0 Å².